The summed E-state index contributed by atoms with van der Waals surface area (Å²) >= 11 is 0. The summed E-state index contributed by atoms with van der Waals surface area (Å²) in [5.74, 6) is 2.67. The Morgan fingerprint density at radius 2 is 1.78 bits per heavy atom. The molecule has 0 atom stereocenters. The number of nitrogens with one attached hydrogen (secondary N) is 1. The van der Waals surface area contributed by atoms with E-state index in [-0.39, 0.29) is 0 Å². The second-order valence-corrected chi connectivity index (χ2v) is 5.29. The maximum atomic E-state index is 4.77. The van der Waals surface area contributed by atoms with Crippen molar-refractivity contribution in [2.75, 3.05) is 12.4 Å². The molecule has 0 spiro atoms. The quantitative estimate of drug-likeness (QED) is 0.825. The highest BCUT2D eigenvalue weighted by molar-refractivity contribution is 5.46. The van der Waals surface area contributed by atoms with E-state index < -0.39 is 0 Å². The zero-order valence-electron chi connectivity index (χ0n) is 11.9. The number of aromatic nitrogens is 2. The van der Waals surface area contributed by atoms with Crippen molar-refractivity contribution >= 4 is 5.82 Å². The number of rotatable bonds is 3. The van der Waals surface area contributed by atoms with Crippen LogP contribution >= 0.6 is 0 Å². The summed E-state index contributed by atoms with van der Waals surface area (Å²) < 4.78 is 0. The molecule has 1 fully saturated rings. The molecule has 0 unspecified atom stereocenters. The van der Waals surface area contributed by atoms with Crippen molar-refractivity contribution < 1.29 is 0 Å². The van der Waals surface area contributed by atoms with Crippen molar-refractivity contribution in [2.45, 2.75) is 64.7 Å². The number of aryl methyl sites for hydroxylation is 1. The molecule has 1 aromatic heterocycles. The van der Waals surface area contributed by atoms with Crippen LogP contribution in [0.1, 0.15) is 68.4 Å². The summed E-state index contributed by atoms with van der Waals surface area (Å²) in [5.41, 5.74) is 2.41. The zero-order valence-corrected chi connectivity index (χ0v) is 11.9. The van der Waals surface area contributed by atoms with Crippen LogP contribution < -0.4 is 5.32 Å². The molecule has 100 valence electrons. The summed E-state index contributed by atoms with van der Waals surface area (Å²) in [7, 11) is 1.96. The van der Waals surface area contributed by atoms with E-state index in [1.165, 1.54) is 44.1 Å². The Kier molecular flexibility index (Phi) is 4.56. The van der Waals surface area contributed by atoms with Gasteiger partial charge in [-0.25, -0.2) is 9.97 Å². The predicted octanol–water partition coefficient (Wildman–Crippen LogP) is 3.83. The summed E-state index contributed by atoms with van der Waals surface area (Å²) in [4.78, 5) is 9.53. The van der Waals surface area contributed by atoms with E-state index in [0.717, 1.165) is 23.8 Å². The van der Waals surface area contributed by atoms with Crippen LogP contribution in [0.25, 0.3) is 0 Å². The molecule has 1 aliphatic carbocycles. The first-order valence-electron chi connectivity index (χ1n) is 7.31. The summed E-state index contributed by atoms with van der Waals surface area (Å²) in [6, 6.07) is 0. The summed E-state index contributed by atoms with van der Waals surface area (Å²) in [5, 5.41) is 3.23. The first kappa shape index (κ1) is 13.3. The number of anilines is 1. The second kappa shape index (κ2) is 6.17. The van der Waals surface area contributed by atoms with Gasteiger partial charge in [0.1, 0.15) is 11.6 Å². The van der Waals surface area contributed by atoms with Crippen LogP contribution in [0.5, 0.6) is 0 Å². The van der Waals surface area contributed by atoms with Crippen LogP contribution in [0.2, 0.25) is 0 Å². The van der Waals surface area contributed by atoms with E-state index >= 15 is 0 Å². The van der Waals surface area contributed by atoms with Crippen molar-refractivity contribution in [3.8, 4) is 0 Å². The van der Waals surface area contributed by atoms with Gasteiger partial charge in [0.25, 0.3) is 0 Å². The highest BCUT2D eigenvalue weighted by atomic mass is 15.0. The first-order chi connectivity index (χ1) is 8.76. The van der Waals surface area contributed by atoms with Crippen molar-refractivity contribution in [2.24, 2.45) is 0 Å². The topological polar surface area (TPSA) is 37.8 Å². The Morgan fingerprint density at radius 3 is 2.33 bits per heavy atom. The molecule has 1 aromatic rings. The highest BCUT2D eigenvalue weighted by Crippen LogP contribution is 2.31. The van der Waals surface area contributed by atoms with Crippen LogP contribution in [-0.4, -0.2) is 17.0 Å². The van der Waals surface area contributed by atoms with E-state index in [2.05, 4.69) is 19.2 Å². The maximum absolute atomic E-state index is 4.77. The Hall–Kier alpha value is -1.12. The van der Waals surface area contributed by atoms with Gasteiger partial charge >= 0.3 is 0 Å². The van der Waals surface area contributed by atoms with Crippen molar-refractivity contribution in [1.29, 1.82) is 0 Å². The average molecular weight is 247 g/mol. The van der Waals surface area contributed by atoms with Gasteiger partial charge in [-0.05, 0) is 26.2 Å². The van der Waals surface area contributed by atoms with Gasteiger partial charge in [-0.15, -0.1) is 0 Å². The molecule has 3 nitrogen and oxygen atoms in total. The largest absolute Gasteiger partial charge is 0.373 e. The molecule has 2 rings (SSSR count). The molecule has 0 saturated heterocycles. The van der Waals surface area contributed by atoms with Crippen molar-refractivity contribution in [1.82, 2.24) is 9.97 Å². The summed E-state index contributed by atoms with van der Waals surface area (Å²) in [6.07, 6.45) is 8.92. The van der Waals surface area contributed by atoms with Crippen LogP contribution in [-0.2, 0) is 6.42 Å². The van der Waals surface area contributed by atoms with Gasteiger partial charge in [0.15, 0.2) is 0 Å². The molecule has 1 N–H and O–H groups in total. The minimum absolute atomic E-state index is 0.573. The fourth-order valence-corrected chi connectivity index (χ4v) is 2.97. The van der Waals surface area contributed by atoms with E-state index in [9.17, 15) is 0 Å². The number of hydrogen-bond acceptors (Lipinski definition) is 3. The standard InChI is InChI=1S/C15H25N3/c1-4-13-11(2)17-14(18-15(13)16-3)12-9-7-5-6-8-10-12/h12H,4-10H2,1-3H3,(H,16,17,18). The number of nitrogens with zero attached hydrogens (tertiary/aromatic N) is 2. The molecule has 0 bridgehead atoms. The van der Waals surface area contributed by atoms with Crippen LogP contribution in [0.3, 0.4) is 0 Å². The van der Waals surface area contributed by atoms with Gasteiger partial charge < -0.3 is 5.32 Å². The molecular weight excluding hydrogens is 222 g/mol. The van der Waals surface area contributed by atoms with Crippen molar-refractivity contribution in [3.05, 3.63) is 17.1 Å². The minimum Gasteiger partial charge on any atom is -0.373 e. The van der Waals surface area contributed by atoms with Crippen LogP contribution in [0.15, 0.2) is 0 Å². The molecule has 1 saturated carbocycles. The molecule has 0 radical (unpaired) electrons. The molecule has 1 heterocycles. The second-order valence-electron chi connectivity index (χ2n) is 5.29. The van der Waals surface area contributed by atoms with Gasteiger partial charge in [-0.3, -0.25) is 0 Å². The monoisotopic (exact) mass is 247 g/mol. The minimum atomic E-state index is 0.573. The van der Waals surface area contributed by atoms with Crippen LogP contribution in [0.4, 0.5) is 5.82 Å². The normalized spacial score (nSPS) is 17.5. The van der Waals surface area contributed by atoms with E-state index in [4.69, 9.17) is 9.97 Å². The number of hydrogen-bond donors (Lipinski definition) is 1. The lowest BCUT2D eigenvalue weighted by atomic mass is 9.99. The zero-order chi connectivity index (χ0) is 13.0. The molecule has 0 amide bonds. The molecular formula is C15H25N3. The molecule has 0 aromatic carbocycles. The van der Waals surface area contributed by atoms with Gasteiger partial charge in [-0.2, -0.15) is 0 Å². The van der Waals surface area contributed by atoms with E-state index in [0.29, 0.717) is 5.92 Å². The van der Waals surface area contributed by atoms with Gasteiger partial charge in [-0.1, -0.05) is 32.6 Å². The molecule has 3 heteroatoms. The third-order valence-corrected chi connectivity index (χ3v) is 4.04. The van der Waals surface area contributed by atoms with E-state index in [1.807, 2.05) is 7.05 Å². The molecule has 0 aliphatic heterocycles. The van der Waals surface area contributed by atoms with Gasteiger partial charge in [0, 0.05) is 24.2 Å². The average Bonchev–Trinajstić information content (AvgIpc) is 2.66. The Morgan fingerprint density at radius 1 is 1.11 bits per heavy atom. The Bertz CT molecular complexity index is 393. The lowest BCUT2D eigenvalue weighted by Gasteiger charge is -2.17. The lowest BCUT2D eigenvalue weighted by molar-refractivity contribution is 0.558. The van der Waals surface area contributed by atoms with Gasteiger partial charge in [0.05, 0.1) is 0 Å². The van der Waals surface area contributed by atoms with Gasteiger partial charge in [0.2, 0.25) is 0 Å². The third kappa shape index (κ3) is 2.82. The Labute approximate surface area is 110 Å². The first-order valence-corrected chi connectivity index (χ1v) is 7.31. The third-order valence-electron chi connectivity index (χ3n) is 4.04. The van der Waals surface area contributed by atoms with Crippen LogP contribution in [0, 0.1) is 6.92 Å². The highest BCUT2D eigenvalue weighted by Gasteiger charge is 2.19. The van der Waals surface area contributed by atoms with Crippen molar-refractivity contribution in [3.63, 3.8) is 0 Å². The Balaban J connectivity index is 2.29. The fraction of sp³-hybridized carbons (Fsp3) is 0.733. The maximum Gasteiger partial charge on any atom is 0.134 e. The summed E-state index contributed by atoms with van der Waals surface area (Å²) in [6.45, 7) is 4.28. The fourth-order valence-electron chi connectivity index (χ4n) is 2.97. The smallest absolute Gasteiger partial charge is 0.134 e. The molecule has 18 heavy (non-hydrogen) atoms. The SMILES string of the molecule is CCc1c(C)nc(C2CCCCCC2)nc1NC. The van der Waals surface area contributed by atoms with E-state index in [1.54, 1.807) is 0 Å². The lowest BCUT2D eigenvalue weighted by Crippen LogP contribution is -2.10. The predicted molar refractivity (Wildman–Crippen MR) is 76.1 cm³/mol. The molecule has 1 aliphatic rings.